The Bertz CT molecular complexity index is 213. The van der Waals surface area contributed by atoms with Gasteiger partial charge in [0.25, 0.3) is 0 Å². The maximum Gasteiger partial charge on any atom is 0.146 e. The fourth-order valence-electron chi connectivity index (χ4n) is 2.06. The van der Waals surface area contributed by atoms with Crippen LogP contribution in [0.3, 0.4) is 0 Å². The van der Waals surface area contributed by atoms with E-state index in [2.05, 4.69) is 26.8 Å². The lowest BCUT2D eigenvalue weighted by atomic mass is 9.73. The van der Waals surface area contributed by atoms with Gasteiger partial charge in [-0.3, -0.25) is 0 Å². The Morgan fingerprint density at radius 3 is 2.60 bits per heavy atom. The van der Waals surface area contributed by atoms with Crippen LogP contribution in [0.15, 0.2) is 11.6 Å². The molecule has 0 spiro atoms. The highest BCUT2D eigenvalue weighted by molar-refractivity contribution is 5.08. The Morgan fingerprint density at radius 1 is 1.40 bits per heavy atom. The molecule has 1 unspecified atom stereocenters. The SMILES string of the molecule is COCOCC1=CCC(C(C)(C)C)CC1. The van der Waals surface area contributed by atoms with E-state index in [4.69, 9.17) is 9.47 Å². The predicted octanol–water partition coefficient (Wildman–Crippen LogP) is 3.38. The molecular formula is C13H24O2. The zero-order valence-corrected chi connectivity index (χ0v) is 10.5. The van der Waals surface area contributed by atoms with Crippen LogP contribution >= 0.6 is 0 Å². The molecule has 15 heavy (non-hydrogen) atoms. The largest absolute Gasteiger partial charge is 0.359 e. The normalized spacial score (nSPS) is 22.7. The average Bonchev–Trinajstić information content (AvgIpc) is 2.18. The number of allylic oxidation sites excluding steroid dienone is 1. The summed E-state index contributed by atoms with van der Waals surface area (Å²) in [5.74, 6) is 0.823. The molecule has 0 saturated heterocycles. The van der Waals surface area contributed by atoms with E-state index in [1.165, 1.54) is 24.8 Å². The smallest absolute Gasteiger partial charge is 0.146 e. The van der Waals surface area contributed by atoms with Crippen molar-refractivity contribution in [2.75, 3.05) is 20.5 Å². The van der Waals surface area contributed by atoms with Gasteiger partial charge in [-0.1, -0.05) is 26.8 Å². The van der Waals surface area contributed by atoms with Gasteiger partial charge in [0.1, 0.15) is 6.79 Å². The molecule has 0 bridgehead atoms. The summed E-state index contributed by atoms with van der Waals surface area (Å²) >= 11 is 0. The Balaban J connectivity index is 2.32. The number of methoxy groups -OCH3 is 1. The molecule has 0 radical (unpaired) electrons. The van der Waals surface area contributed by atoms with E-state index in [-0.39, 0.29) is 0 Å². The first kappa shape index (κ1) is 12.7. The van der Waals surface area contributed by atoms with Crippen LogP contribution < -0.4 is 0 Å². The molecule has 0 fully saturated rings. The van der Waals surface area contributed by atoms with E-state index < -0.39 is 0 Å². The maximum atomic E-state index is 5.35. The van der Waals surface area contributed by atoms with Gasteiger partial charge >= 0.3 is 0 Å². The van der Waals surface area contributed by atoms with Crippen LogP contribution in [0.2, 0.25) is 0 Å². The topological polar surface area (TPSA) is 18.5 Å². The summed E-state index contributed by atoms with van der Waals surface area (Å²) in [5.41, 5.74) is 1.88. The van der Waals surface area contributed by atoms with E-state index in [0.29, 0.717) is 12.2 Å². The van der Waals surface area contributed by atoms with Crippen molar-refractivity contribution in [3.05, 3.63) is 11.6 Å². The minimum Gasteiger partial charge on any atom is -0.359 e. The minimum absolute atomic E-state index is 0.403. The van der Waals surface area contributed by atoms with Crippen LogP contribution in [0.25, 0.3) is 0 Å². The third kappa shape index (κ3) is 4.35. The summed E-state index contributed by atoms with van der Waals surface area (Å²) < 4.78 is 10.2. The van der Waals surface area contributed by atoms with Crippen molar-refractivity contribution in [1.82, 2.24) is 0 Å². The lowest BCUT2D eigenvalue weighted by Gasteiger charge is -2.33. The molecule has 0 aliphatic heterocycles. The third-order valence-corrected chi connectivity index (χ3v) is 3.22. The van der Waals surface area contributed by atoms with Crippen molar-refractivity contribution in [2.24, 2.45) is 11.3 Å². The number of hydrogen-bond acceptors (Lipinski definition) is 2. The van der Waals surface area contributed by atoms with Gasteiger partial charge < -0.3 is 9.47 Å². The van der Waals surface area contributed by atoms with Gasteiger partial charge in [-0.2, -0.15) is 0 Å². The van der Waals surface area contributed by atoms with Crippen molar-refractivity contribution in [2.45, 2.75) is 40.0 Å². The van der Waals surface area contributed by atoms with Crippen molar-refractivity contribution in [1.29, 1.82) is 0 Å². The summed E-state index contributed by atoms with van der Waals surface area (Å²) in [7, 11) is 1.66. The van der Waals surface area contributed by atoms with Crippen molar-refractivity contribution in [3.8, 4) is 0 Å². The third-order valence-electron chi connectivity index (χ3n) is 3.22. The zero-order chi connectivity index (χ0) is 11.3. The van der Waals surface area contributed by atoms with E-state index >= 15 is 0 Å². The Labute approximate surface area is 93.7 Å². The molecular weight excluding hydrogens is 188 g/mol. The van der Waals surface area contributed by atoms with Crippen LogP contribution in [0.4, 0.5) is 0 Å². The van der Waals surface area contributed by atoms with Crippen LogP contribution in [0, 0.1) is 11.3 Å². The van der Waals surface area contributed by atoms with E-state index in [9.17, 15) is 0 Å². The molecule has 1 atom stereocenters. The summed E-state index contributed by atoms with van der Waals surface area (Å²) in [6.45, 7) is 8.14. The van der Waals surface area contributed by atoms with Gasteiger partial charge in [0, 0.05) is 7.11 Å². The lowest BCUT2D eigenvalue weighted by molar-refractivity contribution is -0.0224. The van der Waals surface area contributed by atoms with E-state index in [1.54, 1.807) is 7.11 Å². The van der Waals surface area contributed by atoms with Gasteiger partial charge in [-0.15, -0.1) is 0 Å². The monoisotopic (exact) mass is 212 g/mol. The maximum absolute atomic E-state index is 5.35. The molecule has 88 valence electrons. The van der Waals surface area contributed by atoms with Crippen LogP contribution in [-0.4, -0.2) is 20.5 Å². The molecule has 1 aliphatic carbocycles. The second-order valence-corrected chi connectivity index (χ2v) is 5.45. The Kier molecular flexibility index (Phi) is 4.81. The average molecular weight is 212 g/mol. The molecule has 1 aliphatic rings. The van der Waals surface area contributed by atoms with Gasteiger partial charge in [0.15, 0.2) is 0 Å². The molecule has 0 aromatic rings. The molecule has 1 rings (SSSR count). The van der Waals surface area contributed by atoms with Crippen LogP contribution in [0.1, 0.15) is 40.0 Å². The fourth-order valence-corrected chi connectivity index (χ4v) is 2.06. The summed E-state index contributed by atoms with van der Waals surface area (Å²) in [5, 5.41) is 0. The van der Waals surface area contributed by atoms with Gasteiger partial charge in [0.05, 0.1) is 6.61 Å². The lowest BCUT2D eigenvalue weighted by Crippen LogP contribution is -2.22. The van der Waals surface area contributed by atoms with Gasteiger partial charge in [-0.25, -0.2) is 0 Å². The molecule has 2 heteroatoms. The fraction of sp³-hybridized carbons (Fsp3) is 0.846. The molecule has 0 amide bonds. The Morgan fingerprint density at radius 2 is 2.13 bits per heavy atom. The second kappa shape index (κ2) is 5.66. The quantitative estimate of drug-likeness (QED) is 0.404. The summed E-state index contributed by atoms with van der Waals surface area (Å²) in [6.07, 6.45) is 6.04. The first-order valence-corrected chi connectivity index (χ1v) is 5.78. The van der Waals surface area contributed by atoms with E-state index in [1.807, 2.05) is 0 Å². The Hall–Kier alpha value is -0.340. The highest BCUT2D eigenvalue weighted by atomic mass is 16.7. The van der Waals surface area contributed by atoms with Gasteiger partial charge in [-0.05, 0) is 36.2 Å². The predicted molar refractivity (Wildman–Crippen MR) is 62.7 cm³/mol. The van der Waals surface area contributed by atoms with Crippen LogP contribution in [-0.2, 0) is 9.47 Å². The standard InChI is InChI=1S/C13H24O2/c1-13(2,3)12-7-5-11(6-8-12)9-15-10-14-4/h5,12H,6-10H2,1-4H3. The minimum atomic E-state index is 0.403. The van der Waals surface area contributed by atoms with E-state index in [0.717, 1.165) is 12.5 Å². The second-order valence-electron chi connectivity index (χ2n) is 5.45. The van der Waals surface area contributed by atoms with Crippen LogP contribution in [0.5, 0.6) is 0 Å². The molecule has 0 heterocycles. The molecule has 0 saturated carbocycles. The highest BCUT2D eigenvalue weighted by Gasteiger charge is 2.25. The van der Waals surface area contributed by atoms with Crippen molar-refractivity contribution < 1.29 is 9.47 Å². The summed E-state index contributed by atoms with van der Waals surface area (Å²) in [4.78, 5) is 0. The number of ether oxygens (including phenoxy) is 2. The highest BCUT2D eigenvalue weighted by Crippen LogP contribution is 2.36. The first-order valence-electron chi connectivity index (χ1n) is 5.78. The first-order chi connectivity index (χ1) is 7.04. The molecule has 0 aromatic carbocycles. The zero-order valence-electron chi connectivity index (χ0n) is 10.5. The molecule has 0 aromatic heterocycles. The van der Waals surface area contributed by atoms with Crippen molar-refractivity contribution in [3.63, 3.8) is 0 Å². The summed E-state index contributed by atoms with van der Waals surface area (Å²) in [6, 6.07) is 0. The van der Waals surface area contributed by atoms with Gasteiger partial charge in [0.2, 0.25) is 0 Å². The van der Waals surface area contributed by atoms with Crippen molar-refractivity contribution >= 4 is 0 Å². The molecule has 0 N–H and O–H groups in total. The number of rotatable bonds is 4. The molecule has 2 nitrogen and oxygen atoms in total. The number of hydrogen-bond donors (Lipinski definition) is 0.